The zero-order chi connectivity index (χ0) is 29.1. The molecule has 0 aliphatic heterocycles. The molecule has 0 N–H and O–H groups in total. The molecule has 206 valence electrons. The van der Waals surface area contributed by atoms with Crippen LogP contribution in [0.2, 0.25) is 0 Å². The molecule has 44 heavy (non-hydrogen) atoms. The van der Waals surface area contributed by atoms with Crippen LogP contribution in [0, 0.1) is 0 Å². The largest absolute Gasteiger partial charge is 0.455 e. The van der Waals surface area contributed by atoms with Crippen molar-refractivity contribution >= 4 is 21.9 Å². The van der Waals surface area contributed by atoms with E-state index in [2.05, 4.69) is 170 Å². The number of benzene rings is 7. The summed E-state index contributed by atoms with van der Waals surface area (Å²) < 4.78 is 6.92. The maximum atomic E-state index is 6.92. The van der Waals surface area contributed by atoms with Gasteiger partial charge in [0.1, 0.15) is 11.2 Å². The van der Waals surface area contributed by atoms with E-state index in [1.54, 1.807) is 0 Å². The SMILES string of the molecule is c1ccc(-c2cccc3c2oc2c(-c4ccccc4C4(c5ccccc5)c5ccccc5-c5ccccc54)cccc23)cc1. The van der Waals surface area contributed by atoms with Crippen molar-refractivity contribution in [3.63, 3.8) is 0 Å². The minimum Gasteiger partial charge on any atom is -0.455 e. The zero-order valence-electron chi connectivity index (χ0n) is 24.1. The first-order valence-electron chi connectivity index (χ1n) is 15.2. The Hall–Kier alpha value is -5.66. The summed E-state index contributed by atoms with van der Waals surface area (Å²) in [7, 11) is 0. The van der Waals surface area contributed by atoms with Crippen LogP contribution in [0.1, 0.15) is 22.3 Å². The van der Waals surface area contributed by atoms with Crippen LogP contribution in [-0.4, -0.2) is 0 Å². The number of para-hydroxylation sites is 2. The highest BCUT2D eigenvalue weighted by Crippen LogP contribution is 2.58. The Balaban J connectivity index is 1.38. The van der Waals surface area contributed by atoms with Crippen LogP contribution in [0.4, 0.5) is 0 Å². The van der Waals surface area contributed by atoms with Crippen molar-refractivity contribution < 1.29 is 4.42 Å². The minimum atomic E-state index is -0.492. The molecule has 1 nitrogen and oxygen atoms in total. The fourth-order valence-electron chi connectivity index (χ4n) is 7.60. The smallest absolute Gasteiger partial charge is 0.143 e. The van der Waals surface area contributed by atoms with Gasteiger partial charge in [-0.05, 0) is 44.5 Å². The monoisotopic (exact) mass is 560 g/mol. The van der Waals surface area contributed by atoms with Gasteiger partial charge in [0, 0.05) is 21.9 Å². The molecule has 0 saturated carbocycles. The molecule has 1 heterocycles. The van der Waals surface area contributed by atoms with Gasteiger partial charge in [-0.15, -0.1) is 0 Å². The summed E-state index contributed by atoms with van der Waals surface area (Å²) in [4.78, 5) is 0. The van der Waals surface area contributed by atoms with Crippen LogP contribution >= 0.6 is 0 Å². The van der Waals surface area contributed by atoms with E-state index in [0.717, 1.165) is 38.6 Å². The van der Waals surface area contributed by atoms with Crippen LogP contribution in [0.5, 0.6) is 0 Å². The van der Waals surface area contributed by atoms with E-state index in [9.17, 15) is 0 Å². The standard InChI is InChI=1S/C43H28O/c1-3-15-29(16-4-1)31-22-13-24-36-37-25-14-23-35(42(37)44-41(31)36)34-21-9-12-28-40(34)43(30-17-5-2-6-18-30)38-26-10-7-19-32(38)33-20-8-11-27-39(33)43/h1-28H. The lowest BCUT2D eigenvalue weighted by Crippen LogP contribution is -2.29. The normalized spacial score (nSPS) is 13.2. The molecule has 8 aromatic rings. The number of hydrogen-bond donors (Lipinski definition) is 0. The number of hydrogen-bond acceptors (Lipinski definition) is 1. The van der Waals surface area contributed by atoms with Gasteiger partial charge in [-0.3, -0.25) is 0 Å². The van der Waals surface area contributed by atoms with Crippen LogP contribution in [0.3, 0.4) is 0 Å². The molecule has 0 atom stereocenters. The summed E-state index contributed by atoms with van der Waals surface area (Å²) in [5.74, 6) is 0. The van der Waals surface area contributed by atoms with E-state index in [-0.39, 0.29) is 0 Å². The van der Waals surface area contributed by atoms with Crippen molar-refractivity contribution in [2.45, 2.75) is 5.41 Å². The Labute approximate surface area is 256 Å². The van der Waals surface area contributed by atoms with Gasteiger partial charge in [0.2, 0.25) is 0 Å². The highest BCUT2D eigenvalue weighted by Gasteiger charge is 2.47. The van der Waals surface area contributed by atoms with Crippen LogP contribution in [0.15, 0.2) is 174 Å². The fourth-order valence-corrected chi connectivity index (χ4v) is 7.60. The highest BCUT2D eigenvalue weighted by atomic mass is 16.3. The Morgan fingerprint density at radius 1 is 0.318 bits per heavy atom. The van der Waals surface area contributed by atoms with Gasteiger partial charge >= 0.3 is 0 Å². The molecule has 1 aliphatic rings. The van der Waals surface area contributed by atoms with Crippen LogP contribution in [-0.2, 0) is 5.41 Å². The van der Waals surface area contributed by atoms with E-state index in [1.165, 1.54) is 38.9 Å². The van der Waals surface area contributed by atoms with Crippen molar-refractivity contribution in [3.8, 4) is 33.4 Å². The molecule has 0 radical (unpaired) electrons. The molecule has 1 aliphatic carbocycles. The summed E-state index contributed by atoms with van der Waals surface area (Å²) in [6.45, 7) is 0. The summed E-state index contributed by atoms with van der Waals surface area (Å²) in [6.07, 6.45) is 0. The third-order valence-corrected chi connectivity index (χ3v) is 9.39. The molecular weight excluding hydrogens is 532 g/mol. The van der Waals surface area contributed by atoms with E-state index < -0.39 is 5.41 Å². The predicted octanol–water partition coefficient (Wildman–Crippen LogP) is 11.3. The van der Waals surface area contributed by atoms with E-state index in [0.29, 0.717) is 0 Å². The van der Waals surface area contributed by atoms with Crippen molar-refractivity contribution in [1.29, 1.82) is 0 Å². The van der Waals surface area contributed by atoms with Gasteiger partial charge in [0.25, 0.3) is 0 Å². The molecule has 0 amide bonds. The summed E-state index contributed by atoms with van der Waals surface area (Å²) >= 11 is 0. The third kappa shape index (κ3) is 3.41. The average molecular weight is 561 g/mol. The van der Waals surface area contributed by atoms with E-state index in [1.807, 2.05) is 0 Å². The summed E-state index contributed by atoms with van der Waals surface area (Å²) in [5, 5.41) is 2.26. The van der Waals surface area contributed by atoms with Gasteiger partial charge in [-0.1, -0.05) is 170 Å². The number of fused-ring (bicyclic) bond motifs is 6. The summed E-state index contributed by atoms with van der Waals surface area (Å²) in [5.41, 5.74) is 13.6. The minimum absolute atomic E-state index is 0.492. The Morgan fingerprint density at radius 2 is 0.727 bits per heavy atom. The maximum Gasteiger partial charge on any atom is 0.143 e. The van der Waals surface area contributed by atoms with Crippen LogP contribution < -0.4 is 0 Å². The molecule has 1 aromatic heterocycles. The second-order valence-corrected chi connectivity index (χ2v) is 11.6. The zero-order valence-corrected chi connectivity index (χ0v) is 24.1. The number of furan rings is 1. The lowest BCUT2D eigenvalue weighted by molar-refractivity contribution is 0.670. The quantitative estimate of drug-likeness (QED) is 0.209. The second-order valence-electron chi connectivity index (χ2n) is 11.6. The van der Waals surface area contributed by atoms with Gasteiger partial charge in [-0.25, -0.2) is 0 Å². The molecular formula is C43H28O. The fraction of sp³-hybridized carbons (Fsp3) is 0.0233. The Kier molecular flexibility index (Phi) is 5.48. The first-order valence-corrected chi connectivity index (χ1v) is 15.2. The van der Waals surface area contributed by atoms with Gasteiger partial charge in [0.05, 0.1) is 5.41 Å². The first-order chi connectivity index (χ1) is 21.9. The highest BCUT2D eigenvalue weighted by molar-refractivity contribution is 6.13. The summed E-state index contributed by atoms with van der Waals surface area (Å²) in [6, 6.07) is 61.3. The van der Waals surface area contributed by atoms with Crippen LogP contribution in [0.25, 0.3) is 55.3 Å². The predicted molar refractivity (Wildman–Crippen MR) is 182 cm³/mol. The van der Waals surface area contributed by atoms with Gasteiger partial charge in [-0.2, -0.15) is 0 Å². The van der Waals surface area contributed by atoms with Crippen molar-refractivity contribution in [1.82, 2.24) is 0 Å². The van der Waals surface area contributed by atoms with Gasteiger partial charge in [0.15, 0.2) is 0 Å². The third-order valence-electron chi connectivity index (χ3n) is 9.39. The molecule has 0 fully saturated rings. The first kappa shape index (κ1) is 24.9. The van der Waals surface area contributed by atoms with Gasteiger partial charge < -0.3 is 4.42 Å². The molecule has 7 aromatic carbocycles. The van der Waals surface area contributed by atoms with E-state index in [4.69, 9.17) is 4.42 Å². The molecule has 0 saturated heterocycles. The Morgan fingerprint density at radius 3 is 1.30 bits per heavy atom. The lowest BCUT2D eigenvalue weighted by Gasteiger charge is -2.35. The molecule has 0 bridgehead atoms. The Bertz CT molecular complexity index is 2280. The second kappa shape index (κ2) is 9.69. The molecule has 1 heteroatoms. The molecule has 0 unspecified atom stereocenters. The van der Waals surface area contributed by atoms with Crippen molar-refractivity contribution in [3.05, 3.63) is 192 Å². The molecule has 0 spiro atoms. The maximum absolute atomic E-state index is 6.92. The van der Waals surface area contributed by atoms with E-state index >= 15 is 0 Å². The van der Waals surface area contributed by atoms with Crippen molar-refractivity contribution in [2.75, 3.05) is 0 Å². The lowest BCUT2D eigenvalue weighted by atomic mass is 9.66. The molecule has 9 rings (SSSR count). The topological polar surface area (TPSA) is 13.1 Å². The van der Waals surface area contributed by atoms with Crippen molar-refractivity contribution in [2.24, 2.45) is 0 Å². The average Bonchev–Trinajstić information content (AvgIpc) is 3.63. The number of rotatable bonds is 4.